The van der Waals surface area contributed by atoms with Crippen LogP contribution in [0.3, 0.4) is 0 Å². The number of carbonyl (C=O) groups excluding carboxylic acids is 1. The molecule has 37 heavy (non-hydrogen) atoms. The van der Waals surface area contributed by atoms with Crippen molar-refractivity contribution in [3.63, 3.8) is 0 Å². The molecular weight excluding hydrogens is 486 g/mol. The molecule has 196 valence electrons. The number of nitrogens with one attached hydrogen (secondary N) is 2. The molecule has 4 aliphatic rings. The van der Waals surface area contributed by atoms with Crippen LogP contribution in [0.25, 0.3) is 0 Å². The Morgan fingerprint density at radius 1 is 1.19 bits per heavy atom. The molecule has 1 aromatic heterocycles. The molecule has 10 heteroatoms. The third-order valence-corrected chi connectivity index (χ3v) is 9.55. The van der Waals surface area contributed by atoms with Crippen LogP contribution in [0.4, 0.5) is 17.3 Å². The first kappa shape index (κ1) is 24.4. The van der Waals surface area contributed by atoms with Crippen molar-refractivity contribution in [1.82, 2.24) is 19.8 Å². The number of hydrogen-bond donors (Lipinski definition) is 2. The standard InChI is InChI=1S/C27H35N7O2S/c1-3-24(35)32-6-4-21(5-7-32)34-14-20(15-34)19-12-18(2)25-23(13-19)31-26-22(16-36-25)27(30-17-29-26)33-8-10-37(28)11-9-33/h3,12-13,17,20-21,28H,1,4-11,14-16H2,2H3,(H,29,30,31). The molecule has 0 bridgehead atoms. The number of ether oxygens (including phenoxy) is 1. The molecule has 1 amide bonds. The third-order valence-electron chi connectivity index (χ3n) is 8.20. The van der Waals surface area contributed by atoms with Crippen molar-refractivity contribution < 1.29 is 9.53 Å². The number of carbonyl (C=O) groups is 1. The smallest absolute Gasteiger partial charge is 0.245 e. The van der Waals surface area contributed by atoms with Gasteiger partial charge in [-0.25, -0.2) is 9.97 Å². The molecule has 5 heterocycles. The summed E-state index contributed by atoms with van der Waals surface area (Å²) in [4.78, 5) is 27.8. The number of aromatic nitrogens is 2. The lowest BCUT2D eigenvalue weighted by molar-refractivity contribution is -0.127. The van der Waals surface area contributed by atoms with Gasteiger partial charge in [0.15, 0.2) is 0 Å². The highest BCUT2D eigenvalue weighted by Gasteiger charge is 2.36. The second-order valence-corrected chi connectivity index (χ2v) is 12.3. The first-order valence-corrected chi connectivity index (χ1v) is 14.7. The number of benzene rings is 1. The number of rotatable bonds is 4. The molecule has 4 aliphatic heterocycles. The number of nitrogens with zero attached hydrogens (tertiary/aromatic N) is 5. The van der Waals surface area contributed by atoms with Gasteiger partial charge >= 0.3 is 0 Å². The fourth-order valence-electron chi connectivity index (χ4n) is 5.98. The van der Waals surface area contributed by atoms with E-state index in [4.69, 9.17) is 9.52 Å². The van der Waals surface area contributed by atoms with Gasteiger partial charge in [-0.3, -0.25) is 14.5 Å². The molecule has 3 fully saturated rings. The summed E-state index contributed by atoms with van der Waals surface area (Å²) in [5.41, 5.74) is 4.43. The highest BCUT2D eigenvalue weighted by Crippen LogP contribution is 2.42. The zero-order valence-electron chi connectivity index (χ0n) is 21.4. The van der Waals surface area contributed by atoms with E-state index in [-0.39, 0.29) is 16.6 Å². The van der Waals surface area contributed by atoms with Crippen LogP contribution in [0.15, 0.2) is 31.1 Å². The third kappa shape index (κ3) is 4.72. The largest absolute Gasteiger partial charge is 0.486 e. The van der Waals surface area contributed by atoms with Crippen molar-refractivity contribution in [2.45, 2.75) is 38.3 Å². The van der Waals surface area contributed by atoms with Gasteiger partial charge in [-0.15, -0.1) is 10.7 Å². The number of aryl methyl sites for hydroxylation is 1. The van der Waals surface area contributed by atoms with Crippen molar-refractivity contribution >= 4 is 33.9 Å². The molecular formula is C27H35N7O2S. The van der Waals surface area contributed by atoms with E-state index in [2.05, 4.69) is 50.7 Å². The zero-order chi connectivity index (χ0) is 25.5. The lowest BCUT2D eigenvalue weighted by Crippen LogP contribution is -2.54. The minimum Gasteiger partial charge on any atom is -0.486 e. The van der Waals surface area contributed by atoms with Crippen LogP contribution < -0.4 is 15.0 Å². The van der Waals surface area contributed by atoms with Crippen LogP contribution >= 0.6 is 0 Å². The lowest BCUT2D eigenvalue weighted by atomic mass is 9.87. The van der Waals surface area contributed by atoms with Gasteiger partial charge in [0.25, 0.3) is 0 Å². The Bertz CT molecular complexity index is 1230. The molecule has 0 aliphatic carbocycles. The normalized spacial score (nSPS) is 21.2. The SMILES string of the molecule is C=CC(=O)N1CCC(N2CC(c3cc(C)c4c(c3)Nc3ncnc(N5CCS(=N)CC5)c3CO4)C2)CC1. The minimum absolute atomic E-state index is 0.0480. The topological polar surface area (TPSA) is 97.7 Å². The lowest BCUT2D eigenvalue weighted by Gasteiger charge is -2.47. The van der Waals surface area contributed by atoms with Crippen LogP contribution in [-0.2, 0) is 22.1 Å². The summed E-state index contributed by atoms with van der Waals surface area (Å²) >= 11 is 0. The number of piperidine rings is 1. The van der Waals surface area contributed by atoms with Crippen LogP contribution in [0.1, 0.15) is 35.4 Å². The van der Waals surface area contributed by atoms with Crippen molar-refractivity contribution in [3.8, 4) is 5.75 Å². The number of hydrogen-bond acceptors (Lipinski definition) is 8. The van der Waals surface area contributed by atoms with Gasteiger partial charge in [-0.2, -0.15) is 0 Å². The summed E-state index contributed by atoms with van der Waals surface area (Å²) < 4.78 is 14.4. The molecule has 0 saturated carbocycles. The molecule has 1 aromatic carbocycles. The number of fused-ring (bicyclic) bond motifs is 2. The summed E-state index contributed by atoms with van der Waals surface area (Å²) in [7, 11) is -0.241. The zero-order valence-corrected chi connectivity index (χ0v) is 22.2. The fraction of sp³-hybridized carbons (Fsp3) is 0.519. The average molecular weight is 522 g/mol. The predicted molar refractivity (Wildman–Crippen MR) is 147 cm³/mol. The summed E-state index contributed by atoms with van der Waals surface area (Å²) in [6.45, 7) is 11.6. The summed E-state index contributed by atoms with van der Waals surface area (Å²) in [5, 5.41) is 3.57. The summed E-state index contributed by atoms with van der Waals surface area (Å²) in [6, 6.07) is 5.06. The Morgan fingerprint density at radius 3 is 2.68 bits per heavy atom. The molecule has 0 atom stereocenters. The predicted octanol–water partition coefficient (Wildman–Crippen LogP) is 3.20. The molecule has 0 unspecified atom stereocenters. The van der Waals surface area contributed by atoms with E-state index in [9.17, 15) is 4.79 Å². The van der Waals surface area contributed by atoms with Gasteiger partial charge in [0, 0.05) is 62.7 Å². The molecule has 9 nitrogen and oxygen atoms in total. The monoisotopic (exact) mass is 521 g/mol. The van der Waals surface area contributed by atoms with Gasteiger partial charge in [-0.05, 0) is 43.0 Å². The summed E-state index contributed by atoms with van der Waals surface area (Å²) in [6.07, 6.45) is 5.12. The van der Waals surface area contributed by atoms with E-state index in [1.54, 1.807) is 6.33 Å². The molecule has 2 aromatic rings. The van der Waals surface area contributed by atoms with E-state index in [0.29, 0.717) is 18.6 Å². The fourth-order valence-corrected chi connectivity index (χ4v) is 7.06. The van der Waals surface area contributed by atoms with Crippen molar-refractivity contribution in [2.75, 3.05) is 61.0 Å². The van der Waals surface area contributed by atoms with Crippen molar-refractivity contribution in [1.29, 1.82) is 4.78 Å². The van der Waals surface area contributed by atoms with Crippen LogP contribution in [0, 0.1) is 11.7 Å². The Hall–Kier alpha value is -2.98. The average Bonchev–Trinajstić information content (AvgIpc) is 3.08. The highest BCUT2D eigenvalue weighted by atomic mass is 32.2. The Labute approximate surface area is 220 Å². The minimum atomic E-state index is -0.241. The van der Waals surface area contributed by atoms with Gasteiger partial charge in [0.2, 0.25) is 5.91 Å². The van der Waals surface area contributed by atoms with Crippen LogP contribution in [0.2, 0.25) is 0 Å². The van der Waals surface area contributed by atoms with E-state index >= 15 is 0 Å². The molecule has 0 spiro atoms. The Kier molecular flexibility index (Phi) is 6.62. The molecule has 0 radical (unpaired) electrons. The van der Waals surface area contributed by atoms with Gasteiger partial charge in [0.05, 0.1) is 11.3 Å². The van der Waals surface area contributed by atoms with E-state index in [1.165, 1.54) is 11.6 Å². The van der Waals surface area contributed by atoms with E-state index in [1.807, 2.05) is 4.90 Å². The van der Waals surface area contributed by atoms with Crippen LogP contribution in [0.5, 0.6) is 5.75 Å². The maximum absolute atomic E-state index is 11.9. The Morgan fingerprint density at radius 2 is 1.95 bits per heavy atom. The maximum atomic E-state index is 11.9. The second-order valence-electron chi connectivity index (χ2n) is 10.5. The van der Waals surface area contributed by atoms with E-state index < -0.39 is 0 Å². The highest BCUT2D eigenvalue weighted by molar-refractivity contribution is 7.86. The molecule has 2 N–H and O–H groups in total. The van der Waals surface area contributed by atoms with E-state index in [0.717, 1.165) is 97.8 Å². The number of amides is 1. The maximum Gasteiger partial charge on any atom is 0.245 e. The number of likely N-dealkylation sites (tertiary alicyclic amines) is 2. The van der Waals surface area contributed by atoms with Crippen molar-refractivity contribution in [3.05, 3.63) is 47.8 Å². The molecule has 3 saturated heterocycles. The first-order chi connectivity index (χ1) is 18.0. The quantitative estimate of drug-likeness (QED) is 0.597. The van der Waals surface area contributed by atoms with Crippen LogP contribution in [-0.4, -0.2) is 82.5 Å². The number of anilines is 3. The van der Waals surface area contributed by atoms with Gasteiger partial charge in [-0.1, -0.05) is 12.6 Å². The summed E-state index contributed by atoms with van der Waals surface area (Å²) in [5.74, 6) is 4.94. The van der Waals surface area contributed by atoms with Gasteiger partial charge < -0.3 is 19.9 Å². The Balaban J connectivity index is 1.15. The van der Waals surface area contributed by atoms with Gasteiger partial charge in [0.1, 0.15) is 30.3 Å². The second kappa shape index (κ2) is 10.1. The molecule has 6 rings (SSSR count). The first-order valence-electron chi connectivity index (χ1n) is 13.2. The van der Waals surface area contributed by atoms with Crippen molar-refractivity contribution in [2.24, 2.45) is 0 Å².